The van der Waals surface area contributed by atoms with E-state index in [-0.39, 0.29) is 0 Å². The van der Waals surface area contributed by atoms with Crippen LogP contribution in [0.1, 0.15) is 18.9 Å². The second kappa shape index (κ2) is 6.87. The van der Waals surface area contributed by atoms with Gasteiger partial charge in [0.05, 0.1) is 4.90 Å². The highest BCUT2D eigenvalue weighted by Crippen LogP contribution is 2.15. The van der Waals surface area contributed by atoms with E-state index in [1.165, 1.54) is 4.31 Å². The van der Waals surface area contributed by atoms with Gasteiger partial charge in [-0.15, -0.1) is 0 Å². The van der Waals surface area contributed by atoms with Crippen molar-refractivity contribution >= 4 is 10.0 Å². The second-order valence-electron chi connectivity index (χ2n) is 4.17. The zero-order chi connectivity index (χ0) is 13.6. The molecule has 0 unspecified atom stereocenters. The predicted octanol–water partition coefficient (Wildman–Crippen LogP) is 1.91. The Labute approximate surface area is 110 Å². The summed E-state index contributed by atoms with van der Waals surface area (Å²) in [5.74, 6) is 0. The van der Waals surface area contributed by atoms with Crippen LogP contribution in [0.5, 0.6) is 0 Å². The van der Waals surface area contributed by atoms with Crippen LogP contribution in [0.3, 0.4) is 0 Å². The first-order valence-corrected chi connectivity index (χ1v) is 7.50. The first-order valence-electron chi connectivity index (χ1n) is 6.06. The number of methoxy groups -OCH3 is 1. The highest BCUT2D eigenvalue weighted by molar-refractivity contribution is 7.89. The summed E-state index contributed by atoms with van der Waals surface area (Å²) in [6.45, 7) is 3.07. The molecule has 0 bridgehead atoms. The van der Waals surface area contributed by atoms with Crippen LogP contribution in [0, 0.1) is 0 Å². The molecule has 0 saturated heterocycles. The van der Waals surface area contributed by atoms with E-state index in [9.17, 15) is 8.42 Å². The average molecular weight is 271 g/mol. The summed E-state index contributed by atoms with van der Waals surface area (Å²) in [5.41, 5.74) is 1.14. The fourth-order valence-electron chi connectivity index (χ4n) is 1.63. The Kier molecular flexibility index (Phi) is 5.78. The van der Waals surface area contributed by atoms with Crippen LogP contribution < -0.4 is 0 Å². The Balaban J connectivity index is 2.77. The summed E-state index contributed by atoms with van der Waals surface area (Å²) in [6, 6.07) is 7.05. The van der Waals surface area contributed by atoms with Gasteiger partial charge < -0.3 is 4.74 Å². The summed E-state index contributed by atoms with van der Waals surface area (Å²) in [7, 11) is -0.162. The first kappa shape index (κ1) is 15.1. The molecule has 0 fully saturated rings. The van der Waals surface area contributed by atoms with Crippen LogP contribution in [0.15, 0.2) is 29.2 Å². The molecule has 0 aliphatic rings. The number of hydrogen-bond donors (Lipinski definition) is 0. The Morgan fingerprint density at radius 2 is 1.83 bits per heavy atom. The number of ether oxygens (including phenoxy) is 1. The molecule has 1 rings (SSSR count). The molecule has 18 heavy (non-hydrogen) atoms. The van der Waals surface area contributed by atoms with Gasteiger partial charge in [0.1, 0.15) is 0 Å². The van der Waals surface area contributed by atoms with Crippen molar-refractivity contribution in [2.45, 2.75) is 24.7 Å². The lowest BCUT2D eigenvalue weighted by Crippen LogP contribution is -2.28. The molecule has 5 heteroatoms. The topological polar surface area (TPSA) is 46.6 Å². The summed E-state index contributed by atoms with van der Waals surface area (Å²) < 4.78 is 30.7. The van der Waals surface area contributed by atoms with Gasteiger partial charge in [0.25, 0.3) is 0 Å². The molecule has 4 nitrogen and oxygen atoms in total. The van der Waals surface area contributed by atoms with Gasteiger partial charge in [-0.25, -0.2) is 12.7 Å². The lowest BCUT2D eigenvalue weighted by molar-refractivity contribution is 0.189. The fourth-order valence-corrected chi connectivity index (χ4v) is 2.84. The second-order valence-corrected chi connectivity index (χ2v) is 6.22. The van der Waals surface area contributed by atoms with Crippen molar-refractivity contribution in [3.05, 3.63) is 29.8 Å². The van der Waals surface area contributed by atoms with E-state index < -0.39 is 10.0 Å². The minimum absolute atomic E-state index is 0.347. The Morgan fingerprint density at radius 3 is 2.33 bits per heavy atom. The van der Waals surface area contributed by atoms with Crippen molar-refractivity contribution in [1.82, 2.24) is 4.31 Å². The molecule has 0 aliphatic heterocycles. The standard InChI is InChI=1S/C13H21NO3S/c1-4-12-6-8-13(9-7-12)18(15,16)14(2)10-5-11-17-3/h6-9H,4-5,10-11H2,1-3H3. The molecular weight excluding hydrogens is 250 g/mol. The number of aryl methyl sites for hydroxylation is 1. The monoisotopic (exact) mass is 271 g/mol. The van der Waals surface area contributed by atoms with Crippen LogP contribution in [-0.4, -0.2) is 40.0 Å². The normalized spacial score (nSPS) is 12.0. The first-order chi connectivity index (χ1) is 8.52. The molecule has 1 aromatic carbocycles. The van der Waals surface area contributed by atoms with Crippen molar-refractivity contribution in [3.63, 3.8) is 0 Å². The molecule has 0 spiro atoms. The third kappa shape index (κ3) is 3.80. The van der Waals surface area contributed by atoms with Gasteiger partial charge in [-0.2, -0.15) is 0 Å². The lowest BCUT2D eigenvalue weighted by atomic mass is 10.2. The fraction of sp³-hybridized carbons (Fsp3) is 0.538. The molecular formula is C13H21NO3S. The molecule has 0 aliphatic carbocycles. The maximum atomic E-state index is 12.2. The van der Waals surface area contributed by atoms with E-state index in [0.29, 0.717) is 24.5 Å². The number of rotatable bonds is 7. The van der Waals surface area contributed by atoms with Gasteiger partial charge in [0, 0.05) is 27.3 Å². The molecule has 0 radical (unpaired) electrons. The van der Waals surface area contributed by atoms with Crippen molar-refractivity contribution in [2.75, 3.05) is 27.3 Å². The van der Waals surface area contributed by atoms with E-state index >= 15 is 0 Å². The van der Waals surface area contributed by atoms with Gasteiger partial charge >= 0.3 is 0 Å². The average Bonchev–Trinajstić information content (AvgIpc) is 2.39. The van der Waals surface area contributed by atoms with Crippen molar-refractivity contribution in [2.24, 2.45) is 0 Å². The van der Waals surface area contributed by atoms with Crippen LogP contribution in [0.4, 0.5) is 0 Å². The molecule has 102 valence electrons. The number of benzene rings is 1. The van der Waals surface area contributed by atoms with E-state index in [4.69, 9.17) is 4.74 Å². The van der Waals surface area contributed by atoms with Crippen LogP contribution in [-0.2, 0) is 21.2 Å². The van der Waals surface area contributed by atoms with Gasteiger partial charge in [0.2, 0.25) is 10.0 Å². The van der Waals surface area contributed by atoms with Crippen LogP contribution in [0.25, 0.3) is 0 Å². The largest absolute Gasteiger partial charge is 0.385 e. The zero-order valence-electron chi connectivity index (χ0n) is 11.2. The Bertz CT molecular complexity index is 454. The minimum atomic E-state index is -3.37. The van der Waals surface area contributed by atoms with Crippen molar-refractivity contribution in [3.8, 4) is 0 Å². The summed E-state index contributed by atoms with van der Waals surface area (Å²) >= 11 is 0. The summed E-state index contributed by atoms with van der Waals surface area (Å²) in [5, 5.41) is 0. The molecule has 0 N–H and O–H groups in total. The van der Waals surface area contributed by atoms with Gasteiger partial charge in [-0.05, 0) is 30.5 Å². The van der Waals surface area contributed by atoms with E-state index in [1.54, 1.807) is 26.3 Å². The smallest absolute Gasteiger partial charge is 0.242 e. The number of hydrogen-bond acceptors (Lipinski definition) is 3. The maximum absolute atomic E-state index is 12.2. The minimum Gasteiger partial charge on any atom is -0.385 e. The molecule has 0 atom stereocenters. The van der Waals surface area contributed by atoms with Crippen molar-refractivity contribution in [1.29, 1.82) is 0 Å². The molecule has 0 heterocycles. The number of sulfonamides is 1. The third-order valence-electron chi connectivity index (χ3n) is 2.86. The number of nitrogens with zero attached hydrogens (tertiary/aromatic N) is 1. The maximum Gasteiger partial charge on any atom is 0.242 e. The zero-order valence-corrected chi connectivity index (χ0v) is 12.0. The lowest BCUT2D eigenvalue weighted by Gasteiger charge is -2.17. The highest BCUT2D eigenvalue weighted by Gasteiger charge is 2.19. The van der Waals surface area contributed by atoms with E-state index in [1.807, 2.05) is 19.1 Å². The van der Waals surface area contributed by atoms with Gasteiger partial charge in [0.15, 0.2) is 0 Å². The molecule has 0 aromatic heterocycles. The Hall–Kier alpha value is -0.910. The molecule has 0 amide bonds. The molecule has 1 aromatic rings. The van der Waals surface area contributed by atoms with Crippen LogP contribution in [0.2, 0.25) is 0 Å². The Morgan fingerprint density at radius 1 is 1.22 bits per heavy atom. The molecule has 0 saturated carbocycles. The summed E-state index contributed by atoms with van der Waals surface area (Å²) in [6.07, 6.45) is 1.60. The SMILES string of the molecule is CCc1ccc(S(=O)(=O)N(C)CCCOC)cc1. The van der Waals surface area contributed by atoms with Crippen molar-refractivity contribution < 1.29 is 13.2 Å². The predicted molar refractivity (Wildman–Crippen MR) is 72.1 cm³/mol. The van der Waals surface area contributed by atoms with E-state index in [0.717, 1.165) is 12.0 Å². The van der Waals surface area contributed by atoms with Gasteiger partial charge in [-0.3, -0.25) is 0 Å². The summed E-state index contributed by atoms with van der Waals surface area (Å²) in [4.78, 5) is 0.347. The van der Waals surface area contributed by atoms with Crippen LogP contribution >= 0.6 is 0 Å². The third-order valence-corrected chi connectivity index (χ3v) is 4.73. The van der Waals surface area contributed by atoms with E-state index in [2.05, 4.69) is 0 Å². The highest BCUT2D eigenvalue weighted by atomic mass is 32.2. The van der Waals surface area contributed by atoms with Gasteiger partial charge in [-0.1, -0.05) is 19.1 Å². The quantitative estimate of drug-likeness (QED) is 0.712.